The van der Waals surface area contributed by atoms with E-state index in [9.17, 15) is 14.7 Å². The number of carbonyl (C=O) groups is 2. The summed E-state index contributed by atoms with van der Waals surface area (Å²) in [5.74, 6) is -0.874. The minimum absolute atomic E-state index is 0.0294. The zero-order chi connectivity index (χ0) is 18.0. The number of thiophene rings is 1. The molecule has 2 aromatic heterocycles. The topological polar surface area (TPSA) is 83.4 Å². The molecule has 0 spiro atoms. The lowest BCUT2D eigenvalue weighted by Crippen LogP contribution is -2.17. The molecule has 2 heterocycles. The Morgan fingerprint density at radius 3 is 2.52 bits per heavy atom. The molecule has 0 aliphatic carbocycles. The molecule has 1 amide bonds. The van der Waals surface area contributed by atoms with Gasteiger partial charge in [-0.3, -0.25) is 14.7 Å². The van der Waals surface area contributed by atoms with Gasteiger partial charge in [-0.2, -0.15) is 0 Å². The van der Waals surface area contributed by atoms with Crippen LogP contribution in [0.3, 0.4) is 0 Å². The van der Waals surface area contributed by atoms with Crippen molar-refractivity contribution in [1.82, 2.24) is 9.97 Å². The maximum absolute atomic E-state index is 11.9. The van der Waals surface area contributed by atoms with Crippen molar-refractivity contribution in [3.05, 3.63) is 58.3 Å². The molecule has 1 aromatic carbocycles. The van der Waals surface area contributed by atoms with Crippen molar-refractivity contribution in [2.45, 2.75) is 6.92 Å². The highest BCUT2D eigenvalue weighted by Crippen LogP contribution is 2.39. The number of nitrogens with zero attached hydrogens (tertiary/aromatic N) is 3. The molecule has 3 rings (SSSR count). The number of benzene rings is 1. The zero-order valence-electron chi connectivity index (χ0n) is 13.0. The molecule has 126 valence electrons. The maximum atomic E-state index is 11.9. The van der Waals surface area contributed by atoms with Gasteiger partial charge in [0.15, 0.2) is 5.82 Å². The molecular formula is C17H12ClN3O3S. The highest BCUT2D eigenvalue weighted by molar-refractivity contribution is 7.15. The molecule has 3 aromatic rings. The van der Waals surface area contributed by atoms with E-state index in [0.29, 0.717) is 28.3 Å². The molecule has 0 saturated carbocycles. The summed E-state index contributed by atoms with van der Waals surface area (Å²) in [6.07, 6.45) is 3.47. The summed E-state index contributed by atoms with van der Waals surface area (Å²) in [6, 6.07) is 6.83. The Morgan fingerprint density at radius 1 is 1.24 bits per heavy atom. The monoisotopic (exact) mass is 373 g/mol. The molecule has 0 unspecified atom stereocenters. The summed E-state index contributed by atoms with van der Waals surface area (Å²) in [5.41, 5.74) is 1.93. The predicted octanol–water partition coefficient (Wildman–Crippen LogP) is 4.16. The number of carbonyl (C=O) groups excluding carboxylic acids is 1. The molecule has 0 bridgehead atoms. The number of aryl methyl sites for hydroxylation is 1. The second-order valence-corrected chi connectivity index (χ2v) is 6.43. The summed E-state index contributed by atoms with van der Waals surface area (Å²) >= 11 is 7.04. The highest BCUT2D eigenvalue weighted by Gasteiger charge is 2.25. The van der Waals surface area contributed by atoms with E-state index in [-0.39, 0.29) is 16.4 Å². The van der Waals surface area contributed by atoms with Crippen LogP contribution in [0, 0.1) is 6.92 Å². The van der Waals surface area contributed by atoms with E-state index in [2.05, 4.69) is 9.97 Å². The van der Waals surface area contributed by atoms with E-state index in [1.165, 1.54) is 17.3 Å². The van der Waals surface area contributed by atoms with Gasteiger partial charge >= 0.3 is 5.97 Å². The van der Waals surface area contributed by atoms with Gasteiger partial charge in [0.1, 0.15) is 10.6 Å². The molecule has 8 heteroatoms. The number of aromatic nitrogens is 2. The average molecular weight is 374 g/mol. The molecule has 25 heavy (non-hydrogen) atoms. The van der Waals surface area contributed by atoms with Crippen molar-refractivity contribution < 1.29 is 14.7 Å². The van der Waals surface area contributed by atoms with Crippen molar-refractivity contribution in [3.8, 4) is 11.1 Å². The lowest BCUT2D eigenvalue weighted by atomic mass is 10.0. The molecule has 0 aliphatic heterocycles. The molecule has 6 nitrogen and oxygen atoms in total. The predicted molar refractivity (Wildman–Crippen MR) is 96.7 cm³/mol. The standard InChI is InChI=1S/C17H12ClN3O3S/c1-10-6-20-14(7-19-10)21(9-22)16-15(17(23)24)13(8-25-16)11-2-4-12(18)5-3-11/h2-9H,1H3,(H,23,24). The molecule has 0 saturated heterocycles. The van der Waals surface area contributed by atoms with Crippen LogP contribution >= 0.6 is 22.9 Å². The van der Waals surface area contributed by atoms with Crippen LogP contribution in [-0.4, -0.2) is 27.5 Å². The first-order chi connectivity index (χ1) is 12.0. The number of halogens is 1. The van der Waals surface area contributed by atoms with E-state index in [0.717, 1.165) is 11.3 Å². The number of carboxylic acid groups (broad SMARTS) is 1. The Bertz CT molecular complexity index is 923. The lowest BCUT2D eigenvalue weighted by molar-refractivity contribution is -0.106. The molecule has 0 radical (unpaired) electrons. The van der Waals surface area contributed by atoms with Crippen LogP contribution in [0.2, 0.25) is 5.02 Å². The van der Waals surface area contributed by atoms with Gasteiger partial charge in [0, 0.05) is 16.0 Å². The van der Waals surface area contributed by atoms with Gasteiger partial charge in [0.25, 0.3) is 0 Å². The van der Waals surface area contributed by atoms with Gasteiger partial charge in [-0.1, -0.05) is 23.7 Å². The van der Waals surface area contributed by atoms with Crippen molar-refractivity contribution >= 4 is 46.1 Å². The number of carboxylic acids is 1. The third-order valence-electron chi connectivity index (χ3n) is 3.48. The lowest BCUT2D eigenvalue weighted by Gasteiger charge is -2.15. The van der Waals surface area contributed by atoms with Gasteiger partial charge in [-0.25, -0.2) is 9.78 Å². The number of amides is 1. The van der Waals surface area contributed by atoms with E-state index < -0.39 is 5.97 Å². The van der Waals surface area contributed by atoms with Crippen molar-refractivity contribution in [2.24, 2.45) is 0 Å². The fraction of sp³-hybridized carbons (Fsp3) is 0.0588. The first-order valence-electron chi connectivity index (χ1n) is 7.15. The second kappa shape index (κ2) is 7.00. The quantitative estimate of drug-likeness (QED) is 0.679. The Morgan fingerprint density at radius 2 is 1.96 bits per heavy atom. The van der Waals surface area contributed by atoms with Crippen LogP contribution in [0.25, 0.3) is 11.1 Å². The van der Waals surface area contributed by atoms with Crippen molar-refractivity contribution in [1.29, 1.82) is 0 Å². The fourth-order valence-corrected chi connectivity index (χ4v) is 3.46. The smallest absolute Gasteiger partial charge is 0.339 e. The number of rotatable bonds is 5. The summed E-state index contributed by atoms with van der Waals surface area (Å²) in [6.45, 7) is 1.77. The first-order valence-corrected chi connectivity index (χ1v) is 8.41. The second-order valence-electron chi connectivity index (χ2n) is 5.13. The Kier molecular flexibility index (Phi) is 4.78. The molecular weight excluding hydrogens is 362 g/mol. The Labute approximate surface area is 152 Å². The van der Waals surface area contributed by atoms with Crippen LogP contribution in [0.4, 0.5) is 10.8 Å². The summed E-state index contributed by atoms with van der Waals surface area (Å²) in [5, 5.41) is 12.2. The van der Waals surface area contributed by atoms with Gasteiger partial charge < -0.3 is 5.11 Å². The molecule has 0 fully saturated rings. The van der Waals surface area contributed by atoms with Crippen LogP contribution in [0.5, 0.6) is 0 Å². The largest absolute Gasteiger partial charge is 0.478 e. The maximum Gasteiger partial charge on any atom is 0.339 e. The number of hydrogen-bond donors (Lipinski definition) is 1. The molecule has 0 aliphatic rings. The summed E-state index contributed by atoms with van der Waals surface area (Å²) in [4.78, 5) is 32.9. The number of hydrogen-bond acceptors (Lipinski definition) is 5. The van der Waals surface area contributed by atoms with Crippen molar-refractivity contribution in [2.75, 3.05) is 4.90 Å². The van der Waals surface area contributed by atoms with Crippen LogP contribution in [0.15, 0.2) is 42.0 Å². The number of anilines is 2. The van der Waals surface area contributed by atoms with E-state index in [4.69, 9.17) is 11.6 Å². The van der Waals surface area contributed by atoms with Gasteiger partial charge in [-0.15, -0.1) is 11.3 Å². The van der Waals surface area contributed by atoms with Crippen LogP contribution in [-0.2, 0) is 4.79 Å². The van der Waals surface area contributed by atoms with E-state index >= 15 is 0 Å². The number of aromatic carboxylic acids is 1. The normalized spacial score (nSPS) is 10.5. The fourth-order valence-electron chi connectivity index (χ4n) is 2.29. The SMILES string of the molecule is Cc1cnc(N(C=O)c2scc(-c3ccc(Cl)cc3)c2C(=O)O)cn1. The van der Waals surface area contributed by atoms with E-state index in [1.54, 1.807) is 36.6 Å². The third kappa shape index (κ3) is 3.38. The highest BCUT2D eigenvalue weighted by atomic mass is 35.5. The van der Waals surface area contributed by atoms with Gasteiger partial charge in [-0.05, 0) is 24.6 Å². The molecule has 1 N–H and O–H groups in total. The van der Waals surface area contributed by atoms with Crippen molar-refractivity contribution in [3.63, 3.8) is 0 Å². The Balaban J connectivity index is 2.12. The minimum Gasteiger partial charge on any atom is -0.478 e. The minimum atomic E-state index is -1.13. The van der Waals surface area contributed by atoms with E-state index in [1.807, 2.05) is 0 Å². The molecule has 0 atom stereocenters. The van der Waals surface area contributed by atoms with Crippen LogP contribution < -0.4 is 4.90 Å². The summed E-state index contributed by atoms with van der Waals surface area (Å²) < 4.78 is 0. The van der Waals surface area contributed by atoms with Gasteiger partial charge in [0.05, 0.1) is 18.1 Å². The zero-order valence-corrected chi connectivity index (χ0v) is 14.6. The third-order valence-corrected chi connectivity index (χ3v) is 4.71. The van der Waals surface area contributed by atoms with Gasteiger partial charge in [0.2, 0.25) is 6.41 Å². The first kappa shape index (κ1) is 17.1. The van der Waals surface area contributed by atoms with Crippen LogP contribution in [0.1, 0.15) is 16.1 Å². The average Bonchev–Trinajstić information content (AvgIpc) is 3.03. The summed E-state index contributed by atoms with van der Waals surface area (Å²) in [7, 11) is 0. The Hall–Kier alpha value is -2.77.